The van der Waals surface area contributed by atoms with Gasteiger partial charge < -0.3 is 15.4 Å². The van der Waals surface area contributed by atoms with Crippen LogP contribution >= 0.6 is 0 Å². The Labute approximate surface area is 151 Å². The zero-order valence-electron chi connectivity index (χ0n) is 14.5. The van der Waals surface area contributed by atoms with Gasteiger partial charge in [0.2, 0.25) is 5.91 Å². The molecule has 6 nitrogen and oxygen atoms in total. The number of carbonyl (C=O) groups is 3. The first-order valence-corrected chi connectivity index (χ1v) is 8.48. The molecule has 3 rings (SSSR count). The van der Waals surface area contributed by atoms with Gasteiger partial charge in [0.1, 0.15) is 0 Å². The summed E-state index contributed by atoms with van der Waals surface area (Å²) < 4.78 is 5.04. The highest BCUT2D eigenvalue weighted by molar-refractivity contribution is 5.96. The maximum Gasteiger partial charge on any atom is 0.338 e. The summed E-state index contributed by atoms with van der Waals surface area (Å²) in [5.74, 6) is -1.17. The molecule has 1 aliphatic carbocycles. The summed E-state index contributed by atoms with van der Waals surface area (Å²) >= 11 is 0. The normalized spacial score (nSPS) is 12.2. The molecule has 2 aromatic carbocycles. The molecule has 0 fully saturated rings. The van der Waals surface area contributed by atoms with Crippen LogP contribution in [0.4, 0.5) is 11.4 Å². The van der Waals surface area contributed by atoms with Gasteiger partial charge in [0.15, 0.2) is 6.61 Å². The topological polar surface area (TPSA) is 84.5 Å². The molecule has 6 heteroatoms. The fourth-order valence-corrected chi connectivity index (χ4v) is 2.95. The van der Waals surface area contributed by atoms with Crippen LogP contribution in [0.25, 0.3) is 0 Å². The van der Waals surface area contributed by atoms with Gasteiger partial charge in [0.05, 0.1) is 5.56 Å². The van der Waals surface area contributed by atoms with Crippen molar-refractivity contribution in [1.82, 2.24) is 0 Å². The number of fused-ring (bicyclic) bond motifs is 1. The van der Waals surface area contributed by atoms with Gasteiger partial charge in [0.25, 0.3) is 5.91 Å². The molecule has 0 atom stereocenters. The summed E-state index contributed by atoms with van der Waals surface area (Å²) in [5, 5.41) is 5.36. The molecule has 1 aliphatic rings. The highest BCUT2D eigenvalue weighted by atomic mass is 16.5. The van der Waals surface area contributed by atoms with Crippen molar-refractivity contribution in [2.24, 2.45) is 0 Å². The molecule has 0 radical (unpaired) electrons. The first-order valence-electron chi connectivity index (χ1n) is 8.48. The molecule has 2 amide bonds. The number of ether oxygens (including phenoxy) is 1. The number of hydrogen-bond acceptors (Lipinski definition) is 4. The fourth-order valence-electron chi connectivity index (χ4n) is 2.95. The number of carbonyl (C=O) groups excluding carboxylic acids is 3. The molecule has 0 saturated heterocycles. The SMILES string of the molecule is CC(=O)Nc1ccc(C(=O)OCC(=O)Nc2ccc3c(c2)CCC3)cc1. The Bertz CT molecular complexity index is 843. The Morgan fingerprint density at radius 2 is 1.62 bits per heavy atom. The molecule has 0 unspecified atom stereocenters. The van der Waals surface area contributed by atoms with Gasteiger partial charge >= 0.3 is 5.97 Å². The van der Waals surface area contributed by atoms with E-state index in [9.17, 15) is 14.4 Å². The molecular weight excluding hydrogens is 332 g/mol. The number of benzene rings is 2. The van der Waals surface area contributed by atoms with E-state index in [1.165, 1.54) is 30.2 Å². The van der Waals surface area contributed by atoms with Crippen molar-refractivity contribution in [3.63, 3.8) is 0 Å². The maximum atomic E-state index is 12.0. The van der Waals surface area contributed by atoms with E-state index in [1.807, 2.05) is 18.2 Å². The lowest BCUT2D eigenvalue weighted by Gasteiger charge is -2.09. The second-order valence-electron chi connectivity index (χ2n) is 6.22. The number of esters is 1. The van der Waals surface area contributed by atoms with E-state index >= 15 is 0 Å². The van der Waals surface area contributed by atoms with Crippen molar-refractivity contribution in [1.29, 1.82) is 0 Å². The third-order valence-electron chi connectivity index (χ3n) is 4.16. The molecule has 0 heterocycles. The average molecular weight is 352 g/mol. The van der Waals surface area contributed by atoms with E-state index < -0.39 is 5.97 Å². The summed E-state index contributed by atoms with van der Waals surface area (Å²) in [6.45, 7) is 1.05. The number of rotatable bonds is 5. The van der Waals surface area contributed by atoms with Gasteiger partial charge in [-0.3, -0.25) is 9.59 Å². The lowest BCUT2D eigenvalue weighted by Crippen LogP contribution is -2.21. The fraction of sp³-hybridized carbons (Fsp3) is 0.250. The molecule has 2 N–H and O–H groups in total. The average Bonchev–Trinajstić information content (AvgIpc) is 3.07. The van der Waals surface area contributed by atoms with Crippen LogP contribution in [0.2, 0.25) is 0 Å². The van der Waals surface area contributed by atoms with E-state index in [4.69, 9.17) is 4.74 Å². The molecule has 2 aromatic rings. The minimum atomic E-state index is -0.594. The van der Waals surface area contributed by atoms with Crippen LogP contribution in [0.1, 0.15) is 34.8 Å². The smallest absolute Gasteiger partial charge is 0.338 e. The van der Waals surface area contributed by atoms with Gasteiger partial charge in [-0.2, -0.15) is 0 Å². The number of hydrogen-bond donors (Lipinski definition) is 2. The monoisotopic (exact) mass is 352 g/mol. The summed E-state index contributed by atoms with van der Waals surface area (Å²) in [6.07, 6.45) is 3.26. The maximum absolute atomic E-state index is 12.0. The summed E-state index contributed by atoms with van der Waals surface area (Å²) in [5.41, 5.74) is 4.20. The van der Waals surface area contributed by atoms with Crippen molar-refractivity contribution in [3.8, 4) is 0 Å². The van der Waals surface area contributed by atoms with Crippen molar-refractivity contribution >= 4 is 29.2 Å². The van der Waals surface area contributed by atoms with Crippen molar-refractivity contribution in [2.75, 3.05) is 17.2 Å². The highest BCUT2D eigenvalue weighted by Gasteiger charge is 2.13. The van der Waals surface area contributed by atoms with E-state index in [2.05, 4.69) is 10.6 Å². The van der Waals surface area contributed by atoms with Crippen LogP contribution in [0.3, 0.4) is 0 Å². The Balaban J connectivity index is 1.50. The quantitative estimate of drug-likeness (QED) is 0.811. The summed E-state index contributed by atoms with van der Waals surface area (Å²) in [4.78, 5) is 35.0. The van der Waals surface area contributed by atoms with Gasteiger partial charge in [0, 0.05) is 18.3 Å². The standard InChI is InChI=1S/C20H20N2O4/c1-13(23)21-17-8-6-15(7-9-17)20(25)26-12-19(24)22-18-10-5-14-3-2-4-16(14)11-18/h5-11H,2-4,12H2,1H3,(H,21,23)(H,22,24). The minimum absolute atomic E-state index is 0.191. The Morgan fingerprint density at radius 1 is 0.923 bits per heavy atom. The predicted octanol–water partition coefficient (Wildman–Crippen LogP) is 2.93. The first kappa shape index (κ1) is 17.7. The van der Waals surface area contributed by atoms with Crippen LogP contribution in [0.5, 0.6) is 0 Å². The van der Waals surface area contributed by atoms with Crippen molar-refractivity contribution in [2.45, 2.75) is 26.2 Å². The number of amides is 2. The van der Waals surface area contributed by atoms with Gasteiger partial charge in [-0.25, -0.2) is 4.79 Å². The van der Waals surface area contributed by atoms with Gasteiger partial charge in [-0.15, -0.1) is 0 Å². The molecule has 26 heavy (non-hydrogen) atoms. The minimum Gasteiger partial charge on any atom is -0.452 e. The summed E-state index contributed by atoms with van der Waals surface area (Å²) in [6, 6.07) is 12.1. The third kappa shape index (κ3) is 4.47. The van der Waals surface area contributed by atoms with Gasteiger partial charge in [-0.05, 0) is 66.8 Å². The highest BCUT2D eigenvalue weighted by Crippen LogP contribution is 2.24. The Morgan fingerprint density at radius 3 is 2.35 bits per heavy atom. The van der Waals surface area contributed by atoms with E-state index in [0.717, 1.165) is 19.3 Å². The van der Waals surface area contributed by atoms with Crippen LogP contribution in [-0.4, -0.2) is 24.4 Å². The van der Waals surface area contributed by atoms with Crippen LogP contribution in [0.15, 0.2) is 42.5 Å². The van der Waals surface area contributed by atoms with Crippen LogP contribution in [-0.2, 0) is 27.2 Å². The second kappa shape index (κ2) is 7.82. The predicted molar refractivity (Wildman–Crippen MR) is 98.1 cm³/mol. The molecule has 134 valence electrons. The third-order valence-corrected chi connectivity index (χ3v) is 4.16. The molecule has 0 saturated carbocycles. The zero-order chi connectivity index (χ0) is 18.5. The number of anilines is 2. The Kier molecular flexibility index (Phi) is 5.31. The second-order valence-corrected chi connectivity index (χ2v) is 6.22. The Hall–Kier alpha value is -3.15. The van der Waals surface area contributed by atoms with Crippen molar-refractivity contribution in [3.05, 3.63) is 59.2 Å². The largest absolute Gasteiger partial charge is 0.452 e. The number of aryl methyl sites for hydroxylation is 2. The molecule has 0 aromatic heterocycles. The zero-order valence-corrected chi connectivity index (χ0v) is 14.5. The molecule has 0 aliphatic heterocycles. The van der Waals surface area contributed by atoms with E-state index in [1.54, 1.807) is 12.1 Å². The molecule has 0 bridgehead atoms. The first-order chi connectivity index (χ1) is 12.5. The van der Waals surface area contributed by atoms with Gasteiger partial charge in [-0.1, -0.05) is 6.07 Å². The van der Waals surface area contributed by atoms with Crippen LogP contribution < -0.4 is 10.6 Å². The van der Waals surface area contributed by atoms with Crippen LogP contribution in [0, 0.1) is 0 Å². The van der Waals surface area contributed by atoms with E-state index in [0.29, 0.717) is 16.9 Å². The lowest BCUT2D eigenvalue weighted by atomic mass is 10.1. The van der Waals surface area contributed by atoms with E-state index in [-0.39, 0.29) is 18.4 Å². The summed E-state index contributed by atoms with van der Waals surface area (Å²) in [7, 11) is 0. The molecular formula is C20H20N2O4. The number of nitrogens with one attached hydrogen (secondary N) is 2. The van der Waals surface area contributed by atoms with Crippen molar-refractivity contribution < 1.29 is 19.1 Å². The molecule has 0 spiro atoms. The lowest BCUT2D eigenvalue weighted by molar-refractivity contribution is -0.119.